The predicted molar refractivity (Wildman–Crippen MR) is 81.2 cm³/mol. The van der Waals surface area contributed by atoms with Crippen molar-refractivity contribution in [1.29, 1.82) is 0 Å². The van der Waals surface area contributed by atoms with Gasteiger partial charge in [0.15, 0.2) is 5.79 Å². The summed E-state index contributed by atoms with van der Waals surface area (Å²) in [6.45, 7) is 14.1. The molecule has 1 rings (SSSR count). The van der Waals surface area contributed by atoms with Crippen LogP contribution in [0, 0.1) is 11.8 Å². The monoisotopic (exact) mass is 270 g/mol. The van der Waals surface area contributed by atoms with E-state index in [4.69, 9.17) is 9.47 Å². The largest absolute Gasteiger partial charge is 0.350 e. The molecule has 0 saturated heterocycles. The van der Waals surface area contributed by atoms with Gasteiger partial charge in [0.25, 0.3) is 0 Å². The van der Waals surface area contributed by atoms with Crippen molar-refractivity contribution in [3.05, 3.63) is 0 Å². The van der Waals surface area contributed by atoms with E-state index in [1.54, 1.807) is 0 Å². The Balaban J connectivity index is 2.66. The van der Waals surface area contributed by atoms with Crippen LogP contribution >= 0.6 is 0 Å². The second-order valence-electron chi connectivity index (χ2n) is 7.04. The molecule has 1 saturated carbocycles. The van der Waals surface area contributed by atoms with E-state index in [2.05, 4.69) is 41.5 Å². The van der Waals surface area contributed by atoms with Gasteiger partial charge in [-0.05, 0) is 51.9 Å². The Bertz CT molecular complexity index is 250. The topological polar surface area (TPSA) is 18.5 Å². The number of ether oxygens (including phenoxy) is 2. The van der Waals surface area contributed by atoms with Crippen LogP contribution in [0.15, 0.2) is 0 Å². The molecular formula is C17H34O2. The third kappa shape index (κ3) is 5.07. The van der Waals surface area contributed by atoms with Crippen LogP contribution in [0.5, 0.6) is 0 Å². The van der Waals surface area contributed by atoms with Crippen LogP contribution in [-0.2, 0) is 9.47 Å². The van der Waals surface area contributed by atoms with E-state index in [0.29, 0.717) is 0 Å². The van der Waals surface area contributed by atoms with Crippen LogP contribution in [0.2, 0.25) is 0 Å². The first-order valence-corrected chi connectivity index (χ1v) is 8.18. The van der Waals surface area contributed by atoms with Gasteiger partial charge in [-0.2, -0.15) is 0 Å². The maximum Gasteiger partial charge on any atom is 0.169 e. The highest BCUT2D eigenvalue weighted by molar-refractivity contribution is 4.84. The third-order valence-electron chi connectivity index (χ3n) is 4.46. The van der Waals surface area contributed by atoms with E-state index in [9.17, 15) is 0 Å². The Kier molecular flexibility index (Phi) is 6.32. The number of rotatable bonds is 7. The molecule has 0 bridgehead atoms. The van der Waals surface area contributed by atoms with Crippen molar-refractivity contribution in [3.63, 3.8) is 0 Å². The second-order valence-corrected chi connectivity index (χ2v) is 7.04. The summed E-state index contributed by atoms with van der Waals surface area (Å²) in [5, 5.41) is 0. The maximum atomic E-state index is 6.45. The molecule has 114 valence electrons. The molecule has 2 nitrogen and oxygen atoms in total. The minimum atomic E-state index is -0.321. The molecule has 0 N–H and O–H groups in total. The highest BCUT2D eigenvalue weighted by Gasteiger charge is 2.41. The lowest BCUT2D eigenvalue weighted by atomic mass is 9.78. The lowest BCUT2D eigenvalue weighted by Crippen LogP contribution is -2.46. The first-order chi connectivity index (χ1) is 8.84. The van der Waals surface area contributed by atoms with E-state index < -0.39 is 0 Å². The number of hydrogen-bond acceptors (Lipinski definition) is 2. The first-order valence-electron chi connectivity index (χ1n) is 8.18. The predicted octanol–water partition coefficient (Wildman–Crippen LogP) is 5.16. The molecule has 0 aromatic rings. The maximum absolute atomic E-state index is 6.45. The molecule has 2 heteroatoms. The summed E-state index contributed by atoms with van der Waals surface area (Å²) in [5.41, 5.74) is -0.0748. The Morgan fingerprint density at radius 3 is 2.16 bits per heavy atom. The molecular weight excluding hydrogens is 236 g/mol. The van der Waals surface area contributed by atoms with Crippen molar-refractivity contribution in [2.75, 3.05) is 6.61 Å². The minimum Gasteiger partial charge on any atom is -0.350 e. The number of hydrogen-bond donors (Lipinski definition) is 0. The van der Waals surface area contributed by atoms with Gasteiger partial charge in [-0.3, -0.25) is 0 Å². The van der Waals surface area contributed by atoms with Crippen LogP contribution in [-0.4, -0.2) is 18.0 Å². The quantitative estimate of drug-likeness (QED) is 0.595. The third-order valence-corrected chi connectivity index (χ3v) is 4.46. The summed E-state index contributed by atoms with van der Waals surface area (Å²) < 4.78 is 12.5. The molecule has 0 radical (unpaired) electrons. The van der Waals surface area contributed by atoms with Crippen LogP contribution in [0.4, 0.5) is 0 Å². The minimum absolute atomic E-state index is 0.0748. The Labute approximate surface area is 120 Å². The molecule has 19 heavy (non-hydrogen) atoms. The van der Waals surface area contributed by atoms with Gasteiger partial charge in [-0.15, -0.1) is 0 Å². The van der Waals surface area contributed by atoms with Crippen LogP contribution in [0.3, 0.4) is 0 Å². The smallest absolute Gasteiger partial charge is 0.169 e. The van der Waals surface area contributed by atoms with E-state index in [1.165, 1.54) is 12.8 Å². The normalized spacial score (nSPS) is 28.9. The fraction of sp³-hybridized carbons (Fsp3) is 1.00. The van der Waals surface area contributed by atoms with Crippen molar-refractivity contribution in [1.82, 2.24) is 0 Å². The lowest BCUT2D eigenvalue weighted by Gasteiger charge is -2.45. The molecule has 0 aromatic heterocycles. The molecule has 1 aliphatic rings. The van der Waals surface area contributed by atoms with Gasteiger partial charge in [0, 0.05) is 19.4 Å². The average Bonchev–Trinajstić information content (AvgIpc) is 2.28. The van der Waals surface area contributed by atoms with Gasteiger partial charge in [0.1, 0.15) is 0 Å². The zero-order valence-corrected chi connectivity index (χ0v) is 13.9. The highest BCUT2D eigenvalue weighted by Crippen LogP contribution is 2.41. The van der Waals surface area contributed by atoms with E-state index >= 15 is 0 Å². The summed E-state index contributed by atoms with van der Waals surface area (Å²) in [6.07, 6.45) is 6.83. The molecule has 1 fully saturated rings. The molecule has 0 amide bonds. The van der Waals surface area contributed by atoms with Crippen molar-refractivity contribution in [3.8, 4) is 0 Å². The summed E-state index contributed by atoms with van der Waals surface area (Å²) in [7, 11) is 0. The first kappa shape index (κ1) is 17.0. The molecule has 0 spiro atoms. The van der Waals surface area contributed by atoms with Gasteiger partial charge < -0.3 is 9.47 Å². The van der Waals surface area contributed by atoms with Gasteiger partial charge >= 0.3 is 0 Å². The van der Waals surface area contributed by atoms with Crippen molar-refractivity contribution in [2.24, 2.45) is 11.8 Å². The molecule has 0 unspecified atom stereocenters. The standard InChI is InChI=1S/C17H34O2/c1-7-11-16(5,6)19-17(18-8-2)12-9-15(10-13-17)14(3)4/h14-15H,7-13H2,1-6H3. The fourth-order valence-electron chi connectivity index (χ4n) is 3.44. The second kappa shape index (κ2) is 7.08. The summed E-state index contributed by atoms with van der Waals surface area (Å²) >= 11 is 0. The summed E-state index contributed by atoms with van der Waals surface area (Å²) in [4.78, 5) is 0. The van der Waals surface area contributed by atoms with E-state index in [-0.39, 0.29) is 11.4 Å². The van der Waals surface area contributed by atoms with Crippen LogP contribution in [0.1, 0.15) is 80.1 Å². The molecule has 0 atom stereocenters. The highest BCUT2D eigenvalue weighted by atomic mass is 16.7. The van der Waals surface area contributed by atoms with Gasteiger partial charge in [0.05, 0.1) is 5.60 Å². The van der Waals surface area contributed by atoms with Crippen molar-refractivity contribution >= 4 is 0 Å². The molecule has 0 heterocycles. The Hall–Kier alpha value is -0.0800. The van der Waals surface area contributed by atoms with Crippen molar-refractivity contribution < 1.29 is 9.47 Å². The summed E-state index contributed by atoms with van der Waals surface area (Å²) in [6, 6.07) is 0. The average molecular weight is 270 g/mol. The zero-order valence-electron chi connectivity index (χ0n) is 13.9. The van der Waals surface area contributed by atoms with E-state index in [1.807, 2.05) is 0 Å². The van der Waals surface area contributed by atoms with Crippen LogP contribution in [0.25, 0.3) is 0 Å². The van der Waals surface area contributed by atoms with Gasteiger partial charge in [-0.1, -0.05) is 27.2 Å². The van der Waals surface area contributed by atoms with Gasteiger partial charge in [0.2, 0.25) is 0 Å². The SMILES string of the molecule is CCCC(C)(C)OC1(OCC)CCC(C(C)C)CC1. The molecule has 1 aliphatic carbocycles. The zero-order chi connectivity index (χ0) is 14.5. The molecule has 0 aliphatic heterocycles. The Morgan fingerprint density at radius 2 is 1.74 bits per heavy atom. The van der Waals surface area contributed by atoms with Crippen molar-refractivity contribution in [2.45, 2.75) is 91.5 Å². The van der Waals surface area contributed by atoms with E-state index in [0.717, 1.165) is 44.1 Å². The summed E-state index contributed by atoms with van der Waals surface area (Å²) in [5.74, 6) is 1.30. The van der Waals surface area contributed by atoms with Crippen LogP contribution < -0.4 is 0 Å². The molecule has 0 aromatic carbocycles. The Morgan fingerprint density at radius 1 is 1.16 bits per heavy atom. The van der Waals surface area contributed by atoms with Gasteiger partial charge in [-0.25, -0.2) is 0 Å². The fourth-order valence-corrected chi connectivity index (χ4v) is 3.44. The lowest BCUT2D eigenvalue weighted by molar-refractivity contribution is -0.298.